The van der Waals surface area contributed by atoms with Crippen molar-refractivity contribution < 1.29 is 14.7 Å². The molecule has 0 spiro atoms. The Balaban J connectivity index is 2.61. The standard InChI is InChI=1S/C17H26N2O3/c1-6-13(4)17(5,22)10-18-15(20)16(21)19-14-8-11(2)7-12(3)9-14/h7-9,13,22H,6,10H2,1-5H3,(H,18,20)(H,19,21)/t13-,17-/m1/s1. The van der Waals surface area contributed by atoms with Crippen LogP contribution in [0.25, 0.3) is 0 Å². The molecule has 0 saturated heterocycles. The molecule has 0 aliphatic carbocycles. The molecule has 0 aromatic heterocycles. The Labute approximate surface area is 132 Å². The summed E-state index contributed by atoms with van der Waals surface area (Å²) in [6.07, 6.45) is 0.789. The number of hydrogen-bond donors (Lipinski definition) is 3. The van der Waals surface area contributed by atoms with Crippen LogP contribution in [0.2, 0.25) is 0 Å². The van der Waals surface area contributed by atoms with Crippen molar-refractivity contribution in [1.29, 1.82) is 0 Å². The lowest BCUT2D eigenvalue weighted by Crippen LogP contribution is -2.47. The highest BCUT2D eigenvalue weighted by atomic mass is 16.3. The lowest BCUT2D eigenvalue weighted by Gasteiger charge is -2.29. The number of aliphatic hydroxyl groups is 1. The van der Waals surface area contributed by atoms with Crippen molar-refractivity contribution in [2.45, 2.75) is 46.6 Å². The van der Waals surface area contributed by atoms with Crippen molar-refractivity contribution >= 4 is 17.5 Å². The van der Waals surface area contributed by atoms with Crippen molar-refractivity contribution in [1.82, 2.24) is 5.32 Å². The number of anilines is 1. The predicted molar refractivity (Wildman–Crippen MR) is 87.6 cm³/mol. The Morgan fingerprint density at radius 2 is 1.73 bits per heavy atom. The van der Waals surface area contributed by atoms with E-state index in [4.69, 9.17) is 0 Å². The maximum absolute atomic E-state index is 11.9. The zero-order valence-electron chi connectivity index (χ0n) is 14.0. The topological polar surface area (TPSA) is 78.4 Å². The second kappa shape index (κ2) is 7.40. The van der Waals surface area contributed by atoms with Crippen molar-refractivity contribution in [2.75, 3.05) is 11.9 Å². The Kier molecular flexibility index (Phi) is 6.11. The normalized spacial score (nSPS) is 14.8. The van der Waals surface area contributed by atoms with E-state index in [-0.39, 0.29) is 12.5 Å². The van der Waals surface area contributed by atoms with Gasteiger partial charge in [0.1, 0.15) is 0 Å². The van der Waals surface area contributed by atoms with Crippen LogP contribution in [0.1, 0.15) is 38.3 Å². The number of carbonyl (C=O) groups is 2. The van der Waals surface area contributed by atoms with Gasteiger partial charge in [-0.05, 0) is 49.9 Å². The molecule has 5 nitrogen and oxygen atoms in total. The first-order chi connectivity index (χ1) is 10.2. The number of nitrogens with one attached hydrogen (secondary N) is 2. The molecule has 122 valence electrons. The van der Waals surface area contributed by atoms with Gasteiger partial charge in [0.05, 0.1) is 5.60 Å². The number of rotatable bonds is 5. The average molecular weight is 306 g/mol. The van der Waals surface area contributed by atoms with Crippen molar-refractivity contribution in [3.8, 4) is 0 Å². The van der Waals surface area contributed by atoms with Gasteiger partial charge in [-0.3, -0.25) is 9.59 Å². The van der Waals surface area contributed by atoms with Gasteiger partial charge in [0.25, 0.3) is 0 Å². The lowest BCUT2D eigenvalue weighted by atomic mass is 9.89. The molecule has 0 saturated carbocycles. The van der Waals surface area contributed by atoms with E-state index in [9.17, 15) is 14.7 Å². The molecular formula is C17H26N2O3. The smallest absolute Gasteiger partial charge is 0.313 e. The molecule has 3 N–H and O–H groups in total. The minimum absolute atomic E-state index is 0.0234. The third kappa shape index (κ3) is 5.15. The van der Waals surface area contributed by atoms with Gasteiger partial charge in [0.2, 0.25) is 0 Å². The highest BCUT2D eigenvalue weighted by Gasteiger charge is 2.28. The highest BCUT2D eigenvalue weighted by Crippen LogP contribution is 2.18. The zero-order valence-corrected chi connectivity index (χ0v) is 14.0. The van der Waals surface area contributed by atoms with E-state index in [1.165, 1.54) is 0 Å². The van der Waals surface area contributed by atoms with E-state index in [0.29, 0.717) is 5.69 Å². The number of hydrogen-bond acceptors (Lipinski definition) is 3. The molecule has 2 amide bonds. The lowest BCUT2D eigenvalue weighted by molar-refractivity contribution is -0.137. The maximum Gasteiger partial charge on any atom is 0.313 e. The Bertz CT molecular complexity index is 533. The summed E-state index contributed by atoms with van der Waals surface area (Å²) in [6, 6.07) is 5.58. The van der Waals surface area contributed by atoms with Gasteiger partial charge >= 0.3 is 11.8 Å². The third-order valence-electron chi connectivity index (χ3n) is 3.97. The predicted octanol–water partition coefficient (Wildman–Crippen LogP) is 2.16. The highest BCUT2D eigenvalue weighted by molar-refractivity contribution is 6.39. The van der Waals surface area contributed by atoms with Crippen LogP contribution in [-0.4, -0.2) is 29.1 Å². The summed E-state index contributed by atoms with van der Waals surface area (Å²) in [7, 11) is 0. The van der Waals surface area contributed by atoms with E-state index >= 15 is 0 Å². The van der Waals surface area contributed by atoms with Crippen LogP contribution in [0.4, 0.5) is 5.69 Å². The first-order valence-electron chi connectivity index (χ1n) is 7.55. The number of benzene rings is 1. The van der Waals surface area contributed by atoms with E-state index < -0.39 is 17.4 Å². The van der Waals surface area contributed by atoms with E-state index in [0.717, 1.165) is 17.5 Å². The number of carbonyl (C=O) groups excluding carboxylic acids is 2. The monoisotopic (exact) mass is 306 g/mol. The van der Waals surface area contributed by atoms with Gasteiger partial charge < -0.3 is 15.7 Å². The minimum atomic E-state index is -1.04. The quantitative estimate of drug-likeness (QED) is 0.729. The molecule has 22 heavy (non-hydrogen) atoms. The zero-order chi connectivity index (χ0) is 16.9. The second-order valence-corrected chi connectivity index (χ2v) is 6.18. The first-order valence-corrected chi connectivity index (χ1v) is 7.55. The third-order valence-corrected chi connectivity index (χ3v) is 3.97. The summed E-state index contributed by atoms with van der Waals surface area (Å²) in [6.45, 7) is 9.41. The van der Waals surface area contributed by atoms with Crippen molar-refractivity contribution in [2.24, 2.45) is 5.92 Å². The summed E-state index contributed by atoms with van der Waals surface area (Å²) >= 11 is 0. The molecular weight excluding hydrogens is 280 g/mol. The van der Waals surface area contributed by atoms with Gasteiger partial charge in [0, 0.05) is 12.2 Å². The number of aryl methyl sites for hydroxylation is 2. The molecule has 5 heteroatoms. The van der Waals surface area contributed by atoms with Gasteiger partial charge in [-0.2, -0.15) is 0 Å². The van der Waals surface area contributed by atoms with Crippen LogP contribution < -0.4 is 10.6 Å². The fourth-order valence-electron chi connectivity index (χ4n) is 2.19. The summed E-state index contributed by atoms with van der Waals surface area (Å²) in [5.74, 6) is -1.46. The molecule has 0 heterocycles. The average Bonchev–Trinajstić information content (AvgIpc) is 2.42. The van der Waals surface area contributed by atoms with Gasteiger partial charge in [-0.1, -0.05) is 26.3 Å². The Morgan fingerprint density at radius 3 is 2.23 bits per heavy atom. The van der Waals surface area contributed by atoms with Gasteiger partial charge in [-0.15, -0.1) is 0 Å². The molecule has 2 atom stereocenters. The van der Waals surface area contributed by atoms with Crippen LogP contribution in [-0.2, 0) is 9.59 Å². The minimum Gasteiger partial charge on any atom is -0.388 e. The van der Waals surface area contributed by atoms with Crippen molar-refractivity contribution in [3.05, 3.63) is 29.3 Å². The van der Waals surface area contributed by atoms with E-state index in [1.807, 2.05) is 33.8 Å². The molecule has 0 aliphatic rings. The first kappa shape index (κ1) is 18.2. The summed E-state index contributed by atoms with van der Waals surface area (Å²) in [5.41, 5.74) is 1.57. The van der Waals surface area contributed by atoms with Crippen LogP contribution in [0, 0.1) is 19.8 Å². The molecule has 0 aliphatic heterocycles. The maximum atomic E-state index is 11.9. The Morgan fingerprint density at radius 1 is 1.18 bits per heavy atom. The van der Waals surface area contributed by atoms with Gasteiger partial charge in [0.15, 0.2) is 0 Å². The van der Waals surface area contributed by atoms with Crippen molar-refractivity contribution in [3.63, 3.8) is 0 Å². The molecule has 1 aromatic carbocycles. The van der Waals surface area contributed by atoms with E-state index in [2.05, 4.69) is 10.6 Å². The summed E-state index contributed by atoms with van der Waals surface area (Å²) in [4.78, 5) is 23.7. The largest absolute Gasteiger partial charge is 0.388 e. The molecule has 0 fully saturated rings. The van der Waals surface area contributed by atoms with Crippen LogP contribution in [0.15, 0.2) is 18.2 Å². The summed E-state index contributed by atoms with van der Waals surface area (Å²) in [5, 5.41) is 15.3. The molecule has 0 unspecified atom stereocenters. The molecule has 0 bridgehead atoms. The van der Waals surface area contributed by atoms with Crippen LogP contribution in [0.5, 0.6) is 0 Å². The SMILES string of the molecule is CC[C@@H](C)[C@](C)(O)CNC(=O)C(=O)Nc1cc(C)cc(C)c1. The van der Waals surface area contributed by atoms with Crippen LogP contribution >= 0.6 is 0 Å². The second-order valence-electron chi connectivity index (χ2n) is 6.18. The number of amides is 2. The fraction of sp³-hybridized carbons (Fsp3) is 0.529. The van der Waals surface area contributed by atoms with Crippen LogP contribution in [0.3, 0.4) is 0 Å². The Hall–Kier alpha value is -1.88. The molecule has 1 rings (SSSR count). The van der Waals surface area contributed by atoms with E-state index in [1.54, 1.807) is 19.1 Å². The fourth-order valence-corrected chi connectivity index (χ4v) is 2.19. The molecule has 1 aromatic rings. The molecule has 0 radical (unpaired) electrons. The van der Waals surface area contributed by atoms with Gasteiger partial charge in [-0.25, -0.2) is 0 Å². The summed E-state index contributed by atoms with van der Waals surface area (Å²) < 4.78 is 0.